The van der Waals surface area contributed by atoms with Crippen molar-refractivity contribution in [3.8, 4) is 0 Å². The third kappa shape index (κ3) is 6.08. The molecule has 4 nitrogen and oxygen atoms in total. The minimum Gasteiger partial charge on any atom is -0.331 e. The van der Waals surface area contributed by atoms with E-state index in [9.17, 15) is 0 Å². The fourth-order valence-corrected chi connectivity index (χ4v) is 2.85. The predicted molar refractivity (Wildman–Crippen MR) is 83.5 cm³/mol. The molecule has 0 fully saturated rings. The van der Waals surface area contributed by atoms with Gasteiger partial charge in [-0.25, -0.2) is 0 Å². The van der Waals surface area contributed by atoms with Gasteiger partial charge in [0.05, 0.1) is 5.92 Å². The van der Waals surface area contributed by atoms with Crippen LogP contribution in [0.3, 0.4) is 0 Å². The highest BCUT2D eigenvalue weighted by atomic mass is 16.9. The summed E-state index contributed by atoms with van der Waals surface area (Å²) in [6.07, 6.45) is 9.25. The van der Waals surface area contributed by atoms with Gasteiger partial charge in [-0.2, -0.15) is 0 Å². The zero-order chi connectivity index (χ0) is 15.4. The van der Waals surface area contributed by atoms with Crippen LogP contribution >= 0.6 is 0 Å². The van der Waals surface area contributed by atoms with Gasteiger partial charge < -0.3 is 19.9 Å². The van der Waals surface area contributed by atoms with Crippen molar-refractivity contribution >= 4 is 0 Å². The summed E-state index contributed by atoms with van der Waals surface area (Å²) >= 11 is 0. The summed E-state index contributed by atoms with van der Waals surface area (Å²) < 4.78 is 16.5. The van der Waals surface area contributed by atoms with Crippen LogP contribution in [0.25, 0.3) is 0 Å². The number of methoxy groups -OCH3 is 3. The third-order valence-corrected chi connectivity index (χ3v) is 4.07. The smallest absolute Gasteiger partial charge is 0.286 e. The molecule has 0 rings (SSSR count). The molecule has 0 heterocycles. The first kappa shape index (κ1) is 19.8. The lowest BCUT2D eigenvalue weighted by Gasteiger charge is -2.39. The molecule has 0 bridgehead atoms. The number of hydrogen-bond donors (Lipinski definition) is 1. The Morgan fingerprint density at radius 2 is 1.35 bits per heavy atom. The average Bonchev–Trinajstić information content (AvgIpc) is 2.48. The molecule has 0 saturated heterocycles. The maximum atomic E-state index is 6.39. The van der Waals surface area contributed by atoms with Crippen LogP contribution in [0.5, 0.6) is 0 Å². The van der Waals surface area contributed by atoms with Crippen LogP contribution in [0, 0.1) is 5.92 Å². The van der Waals surface area contributed by atoms with E-state index in [1.165, 1.54) is 25.7 Å². The van der Waals surface area contributed by atoms with Gasteiger partial charge in [0.15, 0.2) is 0 Å². The van der Waals surface area contributed by atoms with Crippen LogP contribution in [-0.2, 0) is 14.2 Å². The van der Waals surface area contributed by atoms with Crippen molar-refractivity contribution < 1.29 is 14.2 Å². The minimum absolute atomic E-state index is 0.0384. The highest BCUT2D eigenvalue weighted by Crippen LogP contribution is 2.31. The Labute approximate surface area is 125 Å². The number of rotatable bonds is 13. The highest BCUT2D eigenvalue weighted by molar-refractivity contribution is 4.81. The Morgan fingerprint density at radius 3 is 1.80 bits per heavy atom. The van der Waals surface area contributed by atoms with Crippen molar-refractivity contribution in [1.29, 1.82) is 0 Å². The summed E-state index contributed by atoms with van der Waals surface area (Å²) in [4.78, 5) is 0. The summed E-state index contributed by atoms with van der Waals surface area (Å²) in [6.45, 7) is 4.37. The molecule has 0 amide bonds. The standard InChI is InChI=1S/C16H35NO3/c1-6-8-9-10-11-13-15(17)14(12-7-2)16(18-3,19-4)20-5/h14-15H,6-13,17H2,1-5H3. The molecule has 20 heavy (non-hydrogen) atoms. The fraction of sp³-hybridized carbons (Fsp3) is 1.00. The van der Waals surface area contributed by atoms with Crippen LogP contribution in [-0.4, -0.2) is 33.3 Å². The van der Waals surface area contributed by atoms with E-state index in [4.69, 9.17) is 19.9 Å². The molecule has 0 aliphatic rings. The normalized spacial score (nSPS) is 15.3. The molecule has 0 aliphatic carbocycles. The largest absolute Gasteiger partial charge is 0.331 e. The van der Waals surface area contributed by atoms with Gasteiger partial charge in [-0.15, -0.1) is 0 Å². The first-order valence-electron chi connectivity index (χ1n) is 8.02. The predicted octanol–water partition coefficient (Wildman–Crippen LogP) is 3.68. The molecule has 2 N–H and O–H groups in total. The maximum Gasteiger partial charge on any atom is 0.286 e. The molecule has 0 aliphatic heterocycles. The zero-order valence-electron chi connectivity index (χ0n) is 14.1. The van der Waals surface area contributed by atoms with Crippen LogP contribution in [0.2, 0.25) is 0 Å². The Morgan fingerprint density at radius 1 is 0.800 bits per heavy atom. The molecule has 0 aromatic heterocycles. The van der Waals surface area contributed by atoms with E-state index < -0.39 is 5.97 Å². The summed E-state index contributed by atoms with van der Waals surface area (Å²) in [5, 5.41) is 0. The van der Waals surface area contributed by atoms with Crippen LogP contribution in [0.15, 0.2) is 0 Å². The van der Waals surface area contributed by atoms with Crippen LogP contribution in [0.4, 0.5) is 0 Å². The lowest BCUT2D eigenvalue weighted by atomic mass is 9.89. The van der Waals surface area contributed by atoms with E-state index >= 15 is 0 Å². The molecule has 0 saturated carbocycles. The summed E-state index contributed by atoms with van der Waals surface area (Å²) in [6, 6.07) is 0.0384. The molecule has 122 valence electrons. The van der Waals surface area contributed by atoms with E-state index in [1.807, 2.05) is 0 Å². The second-order valence-corrected chi connectivity index (χ2v) is 5.48. The lowest BCUT2D eigenvalue weighted by Crippen LogP contribution is -2.51. The van der Waals surface area contributed by atoms with Crippen molar-refractivity contribution in [3.63, 3.8) is 0 Å². The molecule has 0 aromatic carbocycles. The number of unbranched alkanes of at least 4 members (excludes halogenated alkanes) is 4. The third-order valence-electron chi connectivity index (χ3n) is 4.07. The highest BCUT2D eigenvalue weighted by Gasteiger charge is 2.42. The van der Waals surface area contributed by atoms with Gasteiger partial charge in [0.2, 0.25) is 0 Å². The molecule has 2 atom stereocenters. The maximum absolute atomic E-state index is 6.39. The number of hydrogen-bond acceptors (Lipinski definition) is 4. The molecule has 0 aromatic rings. The second-order valence-electron chi connectivity index (χ2n) is 5.48. The fourth-order valence-electron chi connectivity index (χ4n) is 2.85. The van der Waals surface area contributed by atoms with Crippen molar-refractivity contribution in [2.45, 2.75) is 77.2 Å². The molecule has 2 unspecified atom stereocenters. The van der Waals surface area contributed by atoms with E-state index in [0.29, 0.717) is 0 Å². The number of nitrogens with two attached hydrogens (primary N) is 1. The van der Waals surface area contributed by atoms with E-state index in [2.05, 4.69) is 13.8 Å². The molecular weight excluding hydrogens is 254 g/mol. The zero-order valence-corrected chi connectivity index (χ0v) is 14.1. The monoisotopic (exact) mass is 289 g/mol. The van der Waals surface area contributed by atoms with Gasteiger partial charge in [-0.1, -0.05) is 52.4 Å². The topological polar surface area (TPSA) is 53.7 Å². The SMILES string of the molecule is CCCCCCCC(N)C(CCC)C(OC)(OC)OC. The van der Waals surface area contributed by atoms with Crippen molar-refractivity contribution in [2.24, 2.45) is 11.7 Å². The number of ether oxygens (including phenoxy) is 3. The van der Waals surface area contributed by atoms with E-state index in [-0.39, 0.29) is 12.0 Å². The second kappa shape index (κ2) is 11.5. The molecule has 0 spiro atoms. The first-order valence-corrected chi connectivity index (χ1v) is 8.02. The van der Waals surface area contributed by atoms with E-state index in [0.717, 1.165) is 25.7 Å². The first-order chi connectivity index (χ1) is 9.61. The summed E-state index contributed by atoms with van der Waals surface area (Å²) in [5.74, 6) is -0.961. The van der Waals surface area contributed by atoms with Crippen molar-refractivity contribution in [2.75, 3.05) is 21.3 Å². The Bertz CT molecular complexity index is 212. The average molecular weight is 289 g/mol. The van der Waals surface area contributed by atoms with Crippen LogP contribution < -0.4 is 5.73 Å². The Balaban J connectivity index is 4.48. The molecule has 0 radical (unpaired) electrons. The Hall–Kier alpha value is -0.160. The van der Waals surface area contributed by atoms with Gasteiger partial charge in [-0.3, -0.25) is 0 Å². The summed E-state index contributed by atoms with van der Waals surface area (Å²) in [5.41, 5.74) is 6.39. The summed E-state index contributed by atoms with van der Waals surface area (Å²) in [7, 11) is 4.84. The lowest BCUT2D eigenvalue weighted by molar-refractivity contribution is -0.382. The van der Waals surface area contributed by atoms with Gasteiger partial charge in [0.25, 0.3) is 5.97 Å². The van der Waals surface area contributed by atoms with Gasteiger partial charge in [0.1, 0.15) is 0 Å². The van der Waals surface area contributed by atoms with Gasteiger partial charge in [-0.05, 0) is 12.8 Å². The molecule has 4 heteroatoms. The molecular formula is C16H35NO3. The Kier molecular flexibility index (Phi) is 11.4. The van der Waals surface area contributed by atoms with Crippen molar-refractivity contribution in [3.05, 3.63) is 0 Å². The van der Waals surface area contributed by atoms with Crippen LogP contribution in [0.1, 0.15) is 65.2 Å². The van der Waals surface area contributed by atoms with Gasteiger partial charge in [0, 0.05) is 27.4 Å². The quantitative estimate of drug-likeness (QED) is 0.415. The van der Waals surface area contributed by atoms with Crippen molar-refractivity contribution in [1.82, 2.24) is 0 Å². The van der Waals surface area contributed by atoms with E-state index in [1.54, 1.807) is 21.3 Å². The van der Waals surface area contributed by atoms with Gasteiger partial charge >= 0.3 is 0 Å². The minimum atomic E-state index is -1.02.